The number of nitrogens with zero attached hydrogens (tertiary/aromatic N) is 2. The van der Waals surface area contributed by atoms with Gasteiger partial charge < -0.3 is 10.6 Å². The molecule has 1 heterocycles. The monoisotopic (exact) mass is 281 g/mol. The first-order valence-corrected chi connectivity index (χ1v) is 5.99. The first kappa shape index (κ1) is 14.3. The molecule has 2 rings (SSSR count). The van der Waals surface area contributed by atoms with Gasteiger partial charge in [0.2, 0.25) is 0 Å². The van der Waals surface area contributed by atoms with E-state index >= 15 is 0 Å². The summed E-state index contributed by atoms with van der Waals surface area (Å²) in [7, 11) is 1.67. The maximum Gasteiger partial charge on any atom is 0.433 e. The minimum absolute atomic E-state index is 0.236. The molecule has 2 aromatic rings. The quantitative estimate of drug-likeness (QED) is 0.938. The van der Waals surface area contributed by atoms with Crippen LogP contribution in [-0.2, 0) is 12.7 Å². The van der Waals surface area contributed by atoms with E-state index in [1.165, 1.54) is 12.1 Å². The van der Waals surface area contributed by atoms with Crippen molar-refractivity contribution < 1.29 is 13.2 Å². The highest BCUT2D eigenvalue weighted by Gasteiger charge is 2.32. The van der Waals surface area contributed by atoms with Gasteiger partial charge in [0, 0.05) is 19.3 Å². The number of rotatable bonds is 3. The van der Waals surface area contributed by atoms with Gasteiger partial charge in [0.15, 0.2) is 0 Å². The molecule has 6 heteroatoms. The average Bonchev–Trinajstić information content (AvgIpc) is 2.46. The Balaban J connectivity index is 2.30. The summed E-state index contributed by atoms with van der Waals surface area (Å²) in [6.07, 6.45) is -4.44. The van der Waals surface area contributed by atoms with Crippen molar-refractivity contribution in [1.29, 1.82) is 0 Å². The molecular weight excluding hydrogens is 267 g/mol. The maximum absolute atomic E-state index is 12.6. The van der Waals surface area contributed by atoms with Crippen LogP contribution >= 0.6 is 0 Å². The highest BCUT2D eigenvalue weighted by molar-refractivity contribution is 5.59. The Labute approximate surface area is 114 Å². The van der Waals surface area contributed by atoms with Crippen molar-refractivity contribution >= 4 is 11.5 Å². The van der Waals surface area contributed by atoms with Gasteiger partial charge >= 0.3 is 6.18 Å². The summed E-state index contributed by atoms with van der Waals surface area (Å²) in [5, 5.41) is 0. The van der Waals surface area contributed by atoms with Gasteiger partial charge in [-0.15, -0.1) is 0 Å². The number of nitrogens with two attached hydrogens (primary N) is 1. The van der Waals surface area contributed by atoms with Crippen LogP contribution in [0.1, 0.15) is 11.3 Å². The predicted octanol–water partition coefficient (Wildman–Crippen LogP) is 3.33. The highest BCUT2D eigenvalue weighted by Crippen LogP contribution is 2.30. The molecule has 1 aromatic heterocycles. The molecule has 106 valence electrons. The summed E-state index contributed by atoms with van der Waals surface area (Å²) in [6.45, 7) is 0.422. The molecule has 0 fully saturated rings. The minimum Gasteiger partial charge on any atom is -0.329 e. The molecule has 0 aliphatic carbocycles. The molecule has 0 bridgehead atoms. The summed E-state index contributed by atoms with van der Waals surface area (Å²) < 4.78 is 37.9. The summed E-state index contributed by atoms with van der Waals surface area (Å²) in [6, 6.07) is 11.1. The smallest absolute Gasteiger partial charge is 0.329 e. The summed E-state index contributed by atoms with van der Waals surface area (Å²) in [5.74, 6) is 0.236. The predicted molar refractivity (Wildman–Crippen MR) is 71.6 cm³/mol. The van der Waals surface area contributed by atoms with E-state index < -0.39 is 11.9 Å². The number of pyridine rings is 1. The van der Waals surface area contributed by atoms with Crippen LogP contribution < -0.4 is 10.6 Å². The third-order valence-corrected chi connectivity index (χ3v) is 2.93. The Hall–Kier alpha value is -2.08. The van der Waals surface area contributed by atoms with Crippen molar-refractivity contribution in [3.05, 3.63) is 53.7 Å². The zero-order valence-electron chi connectivity index (χ0n) is 10.9. The fourth-order valence-corrected chi connectivity index (χ4v) is 1.76. The van der Waals surface area contributed by atoms with Crippen molar-refractivity contribution in [1.82, 2.24) is 4.98 Å². The van der Waals surface area contributed by atoms with Crippen LogP contribution in [0.5, 0.6) is 0 Å². The molecule has 0 aliphatic heterocycles. The molecule has 0 atom stereocenters. The second-order valence-electron chi connectivity index (χ2n) is 4.31. The molecule has 0 spiro atoms. The van der Waals surface area contributed by atoms with Crippen LogP contribution in [0.15, 0.2) is 42.5 Å². The van der Waals surface area contributed by atoms with E-state index in [4.69, 9.17) is 5.73 Å². The standard InChI is InChI=1S/C14H14F3N3/c1-20(11-7-5-10(9-18)6-8-11)13-4-2-3-12(19-13)14(15,16)17/h2-8H,9,18H2,1H3. The van der Waals surface area contributed by atoms with Crippen LogP contribution in [0.3, 0.4) is 0 Å². The Kier molecular flexibility index (Phi) is 3.94. The van der Waals surface area contributed by atoms with Gasteiger partial charge in [0.05, 0.1) is 0 Å². The van der Waals surface area contributed by atoms with E-state index in [0.29, 0.717) is 6.54 Å². The van der Waals surface area contributed by atoms with E-state index in [-0.39, 0.29) is 5.82 Å². The second-order valence-corrected chi connectivity index (χ2v) is 4.31. The minimum atomic E-state index is -4.44. The van der Waals surface area contributed by atoms with Gasteiger partial charge in [-0.25, -0.2) is 4.98 Å². The summed E-state index contributed by atoms with van der Waals surface area (Å²) >= 11 is 0. The lowest BCUT2D eigenvalue weighted by molar-refractivity contribution is -0.141. The molecule has 1 aromatic carbocycles. The number of benzene rings is 1. The molecule has 0 aliphatic rings. The lowest BCUT2D eigenvalue weighted by atomic mass is 10.2. The van der Waals surface area contributed by atoms with Crippen LogP contribution in [0.4, 0.5) is 24.7 Å². The van der Waals surface area contributed by atoms with Crippen molar-refractivity contribution in [3.8, 4) is 0 Å². The van der Waals surface area contributed by atoms with Crippen molar-refractivity contribution in [3.63, 3.8) is 0 Å². The molecule has 0 radical (unpaired) electrons. The number of hydrogen-bond acceptors (Lipinski definition) is 3. The topological polar surface area (TPSA) is 42.1 Å². The largest absolute Gasteiger partial charge is 0.433 e. The fraction of sp³-hybridized carbons (Fsp3) is 0.214. The molecule has 0 amide bonds. The van der Waals surface area contributed by atoms with Gasteiger partial charge in [-0.05, 0) is 29.8 Å². The first-order chi connectivity index (χ1) is 9.41. The van der Waals surface area contributed by atoms with E-state index in [9.17, 15) is 13.2 Å². The Bertz CT molecular complexity index is 579. The molecule has 3 nitrogen and oxygen atoms in total. The highest BCUT2D eigenvalue weighted by atomic mass is 19.4. The van der Waals surface area contributed by atoms with Gasteiger partial charge in [-0.3, -0.25) is 0 Å². The van der Waals surface area contributed by atoms with Gasteiger partial charge in [-0.1, -0.05) is 18.2 Å². The number of anilines is 2. The third kappa shape index (κ3) is 3.08. The number of halogens is 3. The molecule has 0 unspecified atom stereocenters. The lowest BCUT2D eigenvalue weighted by Gasteiger charge is -2.19. The van der Waals surface area contributed by atoms with Crippen molar-refractivity contribution in [2.45, 2.75) is 12.7 Å². The maximum atomic E-state index is 12.6. The zero-order chi connectivity index (χ0) is 14.8. The fourth-order valence-electron chi connectivity index (χ4n) is 1.76. The van der Waals surface area contributed by atoms with E-state index in [1.807, 2.05) is 12.1 Å². The molecule has 0 saturated heterocycles. The number of hydrogen-bond donors (Lipinski definition) is 1. The van der Waals surface area contributed by atoms with Crippen LogP contribution in [0.25, 0.3) is 0 Å². The van der Waals surface area contributed by atoms with Crippen LogP contribution in [-0.4, -0.2) is 12.0 Å². The number of aromatic nitrogens is 1. The third-order valence-electron chi connectivity index (χ3n) is 2.93. The van der Waals surface area contributed by atoms with Crippen LogP contribution in [0, 0.1) is 0 Å². The first-order valence-electron chi connectivity index (χ1n) is 5.99. The Morgan fingerprint density at radius 3 is 2.30 bits per heavy atom. The second kappa shape index (κ2) is 5.50. The summed E-state index contributed by atoms with van der Waals surface area (Å²) in [4.78, 5) is 5.23. The van der Waals surface area contributed by atoms with E-state index in [2.05, 4.69) is 4.98 Å². The molecule has 0 saturated carbocycles. The van der Waals surface area contributed by atoms with Crippen molar-refractivity contribution in [2.75, 3.05) is 11.9 Å². The van der Waals surface area contributed by atoms with E-state index in [0.717, 1.165) is 17.3 Å². The number of alkyl halides is 3. The van der Waals surface area contributed by atoms with Crippen molar-refractivity contribution in [2.24, 2.45) is 5.73 Å². The van der Waals surface area contributed by atoms with Crippen LogP contribution in [0.2, 0.25) is 0 Å². The Morgan fingerprint density at radius 1 is 1.10 bits per heavy atom. The zero-order valence-corrected chi connectivity index (χ0v) is 10.9. The molecule has 2 N–H and O–H groups in total. The lowest BCUT2D eigenvalue weighted by Crippen LogP contribution is -2.15. The van der Waals surface area contributed by atoms with Gasteiger partial charge in [0.1, 0.15) is 11.5 Å². The normalized spacial score (nSPS) is 11.4. The van der Waals surface area contributed by atoms with E-state index in [1.54, 1.807) is 24.1 Å². The van der Waals surface area contributed by atoms with Gasteiger partial charge in [-0.2, -0.15) is 13.2 Å². The molecular formula is C14H14F3N3. The average molecular weight is 281 g/mol. The SMILES string of the molecule is CN(c1ccc(CN)cc1)c1cccc(C(F)(F)F)n1. The Morgan fingerprint density at radius 2 is 1.75 bits per heavy atom. The summed E-state index contributed by atoms with van der Waals surface area (Å²) in [5.41, 5.74) is 6.30. The molecule has 20 heavy (non-hydrogen) atoms. The van der Waals surface area contributed by atoms with Gasteiger partial charge in [0.25, 0.3) is 0 Å².